The van der Waals surface area contributed by atoms with E-state index in [2.05, 4.69) is 72.9 Å². The highest BCUT2D eigenvalue weighted by molar-refractivity contribution is 6.74. The van der Waals surface area contributed by atoms with Gasteiger partial charge in [0, 0.05) is 66.6 Å². The highest BCUT2D eigenvalue weighted by Crippen LogP contribution is 2.37. The average Bonchev–Trinajstić information content (AvgIpc) is 3.61. The molecule has 6 rings (SSSR count). The fraction of sp³-hybridized carbons (Fsp3) is 0.341. The van der Waals surface area contributed by atoms with Crippen molar-refractivity contribution in [1.82, 2.24) is 9.88 Å². The third kappa shape index (κ3) is 8.61. The molecule has 5 aromatic rings. The number of methoxy groups -OCH3 is 1. The molecule has 10 heteroatoms. The van der Waals surface area contributed by atoms with E-state index in [4.69, 9.17) is 30.2 Å². The number of aromatic nitrogens is 1. The number of nitrogens with one attached hydrogen (secondary N) is 1. The Morgan fingerprint density at radius 2 is 1.65 bits per heavy atom. The lowest BCUT2D eigenvalue weighted by Crippen LogP contribution is -2.46. The fourth-order valence-corrected chi connectivity index (χ4v) is 7.27. The van der Waals surface area contributed by atoms with Crippen LogP contribution in [0.25, 0.3) is 22.0 Å². The summed E-state index contributed by atoms with van der Waals surface area (Å²) in [5.74, 6) is 1.54. The summed E-state index contributed by atoms with van der Waals surface area (Å²) in [4.78, 5) is 20.7. The largest absolute Gasteiger partial charge is 0.491 e. The van der Waals surface area contributed by atoms with E-state index in [1.54, 1.807) is 6.07 Å². The van der Waals surface area contributed by atoms with Crippen LogP contribution in [0.1, 0.15) is 36.7 Å². The van der Waals surface area contributed by atoms with Crippen molar-refractivity contribution >= 4 is 42.5 Å². The molecule has 0 bridgehead atoms. The Labute approximate surface area is 307 Å². The van der Waals surface area contributed by atoms with Crippen LogP contribution in [0.2, 0.25) is 23.2 Å². The van der Waals surface area contributed by atoms with Crippen LogP contribution < -0.4 is 14.4 Å². The van der Waals surface area contributed by atoms with Crippen molar-refractivity contribution in [1.29, 1.82) is 0 Å². The number of esters is 1. The normalized spacial score (nSPS) is 14.1. The van der Waals surface area contributed by atoms with Gasteiger partial charge >= 0.3 is 5.97 Å². The second kappa shape index (κ2) is 15.5. The number of anilines is 1. The highest BCUT2D eigenvalue weighted by atomic mass is 35.5. The predicted octanol–water partition coefficient (Wildman–Crippen LogP) is 9.79. The van der Waals surface area contributed by atoms with Crippen molar-refractivity contribution in [2.24, 2.45) is 0 Å². The quantitative estimate of drug-likeness (QED) is 0.0780. The zero-order valence-corrected chi connectivity index (χ0v) is 32.2. The van der Waals surface area contributed by atoms with Gasteiger partial charge in [-0.05, 0) is 89.4 Å². The monoisotopic (exact) mass is 725 g/mol. The molecule has 0 spiro atoms. The van der Waals surface area contributed by atoms with Crippen LogP contribution in [0.4, 0.5) is 5.69 Å². The number of halogens is 1. The van der Waals surface area contributed by atoms with Gasteiger partial charge in [0.1, 0.15) is 29.4 Å². The maximum atomic E-state index is 12.7. The molecular weight excluding hydrogens is 678 g/mol. The SMILES string of the molecule is COC(=O)c1ccc(N2CCN(Cc3cc(OCCO[Si](C)(C)C(C)(C)C)ccc3-c3ccc(Cl)cc3)CC2)cc1Oc1cccc2[nH]ccc12. The Hall–Kier alpha value is -4.28. The number of hydrogen-bond donors (Lipinski definition) is 1. The van der Waals surface area contributed by atoms with Gasteiger partial charge in [0.25, 0.3) is 0 Å². The van der Waals surface area contributed by atoms with Gasteiger partial charge in [0.05, 0.1) is 13.7 Å². The Morgan fingerprint density at radius 1 is 0.882 bits per heavy atom. The average molecular weight is 726 g/mol. The number of hydrogen-bond acceptors (Lipinski definition) is 7. The topological polar surface area (TPSA) is 76.3 Å². The van der Waals surface area contributed by atoms with Gasteiger partial charge in [-0.2, -0.15) is 0 Å². The number of benzene rings is 4. The lowest BCUT2D eigenvalue weighted by Gasteiger charge is -2.36. The minimum atomic E-state index is -1.84. The summed E-state index contributed by atoms with van der Waals surface area (Å²) >= 11 is 6.24. The Bertz CT molecular complexity index is 1960. The lowest BCUT2D eigenvalue weighted by atomic mass is 9.98. The molecular formula is C41H48ClN3O5Si. The first-order valence-electron chi connectivity index (χ1n) is 17.5. The maximum Gasteiger partial charge on any atom is 0.341 e. The summed E-state index contributed by atoms with van der Waals surface area (Å²) in [5, 5.41) is 1.82. The summed E-state index contributed by atoms with van der Waals surface area (Å²) in [7, 11) is -0.454. The van der Waals surface area contributed by atoms with Crippen molar-refractivity contribution < 1.29 is 23.4 Å². The molecule has 2 heterocycles. The van der Waals surface area contributed by atoms with E-state index in [-0.39, 0.29) is 5.04 Å². The number of piperazine rings is 1. The van der Waals surface area contributed by atoms with Crippen LogP contribution >= 0.6 is 11.6 Å². The smallest absolute Gasteiger partial charge is 0.341 e. The third-order valence-corrected chi connectivity index (χ3v) is 14.9. The molecule has 51 heavy (non-hydrogen) atoms. The van der Waals surface area contributed by atoms with Crippen LogP contribution in [0.3, 0.4) is 0 Å². The fourth-order valence-electron chi connectivity index (χ4n) is 6.11. The standard InChI is InChI=1S/C41H48ClN3O5Si/c1-41(2,3)51(5,6)49-25-24-48-33-15-17-34(29-10-12-31(42)13-11-29)30(26-33)28-44-20-22-45(23-21-44)32-14-16-36(40(46)47-4)39(27-32)50-38-9-7-8-37-35(38)18-19-43-37/h7-19,26-27,43H,20-25,28H2,1-6H3. The van der Waals surface area contributed by atoms with E-state index in [0.717, 1.165) is 66.2 Å². The van der Waals surface area contributed by atoms with Gasteiger partial charge in [0.2, 0.25) is 0 Å². The number of ether oxygens (including phenoxy) is 3. The minimum absolute atomic E-state index is 0.158. The molecule has 1 aliphatic heterocycles. The van der Waals surface area contributed by atoms with E-state index < -0.39 is 14.3 Å². The minimum Gasteiger partial charge on any atom is -0.491 e. The molecule has 1 N–H and O–H groups in total. The predicted molar refractivity (Wildman–Crippen MR) is 209 cm³/mol. The number of H-pyrrole nitrogens is 1. The number of carbonyl (C=O) groups excluding carboxylic acids is 1. The van der Waals surface area contributed by atoms with Crippen molar-refractivity contribution in [3.05, 3.63) is 107 Å². The first-order chi connectivity index (χ1) is 24.4. The third-order valence-electron chi connectivity index (χ3n) is 10.1. The number of carbonyl (C=O) groups is 1. The highest BCUT2D eigenvalue weighted by Gasteiger charge is 2.37. The molecule has 1 aromatic heterocycles. The van der Waals surface area contributed by atoms with Gasteiger partial charge in [-0.3, -0.25) is 4.90 Å². The molecule has 0 unspecified atom stereocenters. The Morgan fingerprint density at radius 3 is 2.37 bits per heavy atom. The van der Waals surface area contributed by atoms with Crippen LogP contribution in [-0.2, 0) is 15.7 Å². The first-order valence-corrected chi connectivity index (χ1v) is 20.8. The molecule has 1 fully saturated rings. The maximum absolute atomic E-state index is 12.7. The number of nitrogens with zero attached hydrogens (tertiary/aromatic N) is 2. The van der Waals surface area contributed by atoms with Crippen molar-refractivity contribution in [3.8, 4) is 28.4 Å². The second-order valence-corrected chi connectivity index (χ2v) is 19.8. The Balaban J connectivity index is 1.16. The summed E-state index contributed by atoms with van der Waals surface area (Å²) in [6.45, 7) is 16.5. The van der Waals surface area contributed by atoms with Crippen LogP contribution in [0, 0.1) is 0 Å². The van der Waals surface area contributed by atoms with Crippen molar-refractivity contribution in [2.45, 2.75) is 45.4 Å². The molecule has 8 nitrogen and oxygen atoms in total. The Kier molecular flexibility index (Phi) is 11.1. The van der Waals surface area contributed by atoms with E-state index in [1.807, 2.05) is 60.8 Å². The van der Waals surface area contributed by atoms with E-state index >= 15 is 0 Å². The summed E-state index contributed by atoms with van der Waals surface area (Å²) in [5.41, 5.74) is 5.83. The van der Waals surface area contributed by atoms with Crippen molar-refractivity contribution in [3.63, 3.8) is 0 Å². The zero-order valence-electron chi connectivity index (χ0n) is 30.4. The summed E-state index contributed by atoms with van der Waals surface area (Å²) < 4.78 is 24.1. The molecule has 0 saturated carbocycles. The summed E-state index contributed by atoms with van der Waals surface area (Å²) in [6, 6.07) is 27.9. The van der Waals surface area contributed by atoms with Gasteiger partial charge in [-0.25, -0.2) is 4.79 Å². The molecule has 0 radical (unpaired) electrons. The van der Waals surface area contributed by atoms with Crippen LogP contribution in [-0.4, -0.2) is 70.7 Å². The number of rotatable bonds is 12. The molecule has 0 amide bonds. The first kappa shape index (κ1) is 36.5. The number of aromatic amines is 1. The molecule has 4 aromatic carbocycles. The van der Waals surface area contributed by atoms with Gasteiger partial charge in [-0.15, -0.1) is 0 Å². The van der Waals surface area contributed by atoms with Crippen LogP contribution in [0.5, 0.6) is 17.2 Å². The van der Waals surface area contributed by atoms with Crippen LogP contribution in [0.15, 0.2) is 91.1 Å². The van der Waals surface area contributed by atoms with E-state index in [9.17, 15) is 4.79 Å². The molecule has 268 valence electrons. The van der Waals surface area contributed by atoms with Gasteiger partial charge in [0.15, 0.2) is 8.32 Å². The van der Waals surface area contributed by atoms with Gasteiger partial charge in [-0.1, -0.05) is 56.6 Å². The molecule has 0 atom stereocenters. The molecule has 1 saturated heterocycles. The summed E-state index contributed by atoms with van der Waals surface area (Å²) in [6.07, 6.45) is 1.88. The molecule has 0 aliphatic carbocycles. The van der Waals surface area contributed by atoms with Gasteiger partial charge < -0.3 is 28.5 Å². The zero-order chi connectivity index (χ0) is 36.2. The number of fused-ring (bicyclic) bond motifs is 1. The van der Waals surface area contributed by atoms with E-state index in [1.165, 1.54) is 12.7 Å². The molecule has 1 aliphatic rings. The lowest BCUT2D eigenvalue weighted by molar-refractivity contribution is 0.0598. The van der Waals surface area contributed by atoms with E-state index in [0.29, 0.717) is 35.3 Å². The second-order valence-electron chi connectivity index (χ2n) is 14.5. The van der Waals surface area contributed by atoms with Crippen molar-refractivity contribution in [2.75, 3.05) is 51.4 Å².